The fourth-order valence-electron chi connectivity index (χ4n) is 0.462. The first-order chi connectivity index (χ1) is 6.85. The van der Waals surface area contributed by atoms with Crippen molar-refractivity contribution in [3.63, 3.8) is 0 Å². The minimum absolute atomic E-state index is 0. The number of hydrogen-bond donors (Lipinski definition) is 1. The summed E-state index contributed by atoms with van der Waals surface area (Å²) in [6.45, 7) is 8.83. The topological polar surface area (TPSA) is 48.7 Å². The third kappa shape index (κ3) is 10.9. The zero-order chi connectivity index (χ0) is 11.2. The second kappa shape index (κ2) is 14.4. The van der Waals surface area contributed by atoms with Crippen molar-refractivity contribution < 1.29 is 1.43 Å². The van der Waals surface area contributed by atoms with Crippen LogP contribution in [-0.2, 0) is 0 Å². The molecule has 0 aliphatic rings. The van der Waals surface area contributed by atoms with Gasteiger partial charge in [0.15, 0.2) is 5.13 Å². The van der Waals surface area contributed by atoms with E-state index in [0.717, 1.165) is 11.7 Å². The van der Waals surface area contributed by atoms with Crippen LogP contribution in [0.5, 0.6) is 0 Å². The van der Waals surface area contributed by atoms with Crippen molar-refractivity contribution in [3.05, 3.63) is 11.6 Å². The van der Waals surface area contributed by atoms with Gasteiger partial charge in [-0.3, -0.25) is 0 Å². The Morgan fingerprint density at radius 1 is 1.57 bits per heavy atom. The summed E-state index contributed by atoms with van der Waals surface area (Å²) in [5, 5.41) is 13.7. The molecule has 1 N–H and O–H groups in total. The highest BCUT2D eigenvalue weighted by Crippen LogP contribution is 2.08. The van der Waals surface area contributed by atoms with Crippen molar-refractivity contribution >= 4 is 16.5 Å². The van der Waals surface area contributed by atoms with Crippen LogP contribution in [-0.4, -0.2) is 11.5 Å². The molecule has 0 spiro atoms. The highest BCUT2D eigenvalue weighted by molar-refractivity contribution is 7.13. The average molecular weight is 215 g/mol. The maximum atomic E-state index is 7.62. The molecule has 3 nitrogen and oxygen atoms in total. The van der Waals surface area contributed by atoms with Crippen LogP contribution in [0.3, 0.4) is 0 Å². The van der Waals surface area contributed by atoms with E-state index in [1.165, 1.54) is 0 Å². The molecule has 0 aromatic carbocycles. The Hall–Kier alpha value is -1.08. The number of aromatic nitrogens is 1. The van der Waals surface area contributed by atoms with Gasteiger partial charge in [0.05, 0.1) is 6.07 Å². The SMILES string of the molecule is CC.CCC#N.CCNc1nccs1.[HH]. The van der Waals surface area contributed by atoms with Crippen LogP contribution in [0.4, 0.5) is 5.13 Å². The third-order valence-corrected chi connectivity index (χ3v) is 1.65. The van der Waals surface area contributed by atoms with Crippen molar-refractivity contribution in [2.24, 2.45) is 0 Å². The maximum Gasteiger partial charge on any atom is 0.182 e. The Balaban J connectivity index is -0.000000179. The molecule has 0 fully saturated rings. The fraction of sp³-hybridized carbons (Fsp3) is 0.600. The van der Waals surface area contributed by atoms with E-state index in [1.54, 1.807) is 17.5 Å². The minimum Gasteiger partial charge on any atom is -0.362 e. The van der Waals surface area contributed by atoms with Gasteiger partial charge in [-0.2, -0.15) is 5.26 Å². The highest BCUT2D eigenvalue weighted by Gasteiger charge is 1.86. The van der Waals surface area contributed by atoms with Crippen molar-refractivity contribution in [2.45, 2.75) is 34.1 Å². The zero-order valence-electron chi connectivity index (χ0n) is 9.37. The van der Waals surface area contributed by atoms with Crippen LogP contribution in [0, 0.1) is 11.3 Å². The predicted octanol–water partition coefficient (Wildman–Crippen LogP) is 3.77. The van der Waals surface area contributed by atoms with Crippen LogP contribution < -0.4 is 5.32 Å². The van der Waals surface area contributed by atoms with Crippen molar-refractivity contribution in [2.75, 3.05) is 11.9 Å². The molecule has 0 radical (unpaired) electrons. The molecule has 1 rings (SSSR count). The summed E-state index contributed by atoms with van der Waals surface area (Å²) in [7, 11) is 0. The van der Waals surface area contributed by atoms with Crippen LogP contribution in [0.15, 0.2) is 11.6 Å². The largest absolute Gasteiger partial charge is 0.362 e. The van der Waals surface area contributed by atoms with E-state index in [4.69, 9.17) is 5.26 Å². The van der Waals surface area contributed by atoms with Gasteiger partial charge >= 0.3 is 0 Å². The molecule has 0 atom stereocenters. The van der Waals surface area contributed by atoms with E-state index < -0.39 is 0 Å². The third-order valence-electron chi connectivity index (χ3n) is 0.918. The van der Waals surface area contributed by atoms with Gasteiger partial charge in [-0.1, -0.05) is 20.8 Å². The number of nitrogens with one attached hydrogen (secondary N) is 1. The molecule has 0 aliphatic heterocycles. The first-order valence-electron chi connectivity index (χ1n) is 4.85. The van der Waals surface area contributed by atoms with Crippen molar-refractivity contribution in [3.8, 4) is 6.07 Å². The van der Waals surface area contributed by atoms with Crippen molar-refractivity contribution in [1.82, 2.24) is 4.98 Å². The summed E-state index contributed by atoms with van der Waals surface area (Å²) >= 11 is 1.63. The molecule has 14 heavy (non-hydrogen) atoms. The molecule has 0 aliphatic carbocycles. The molecule has 0 saturated heterocycles. The van der Waals surface area contributed by atoms with Crippen LogP contribution in [0.2, 0.25) is 0 Å². The monoisotopic (exact) mass is 215 g/mol. The fourth-order valence-corrected chi connectivity index (χ4v) is 1.06. The molecule has 0 bridgehead atoms. The molecule has 1 aromatic heterocycles. The number of nitriles is 1. The molecule has 0 saturated carbocycles. The van der Waals surface area contributed by atoms with Crippen molar-refractivity contribution in [1.29, 1.82) is 5.26 Å². The lowest BCUT2D eigenvalue weighted by Gasteiger charge is -1.91. The van der Waals surface area contributed by atoms with Gasteiger partial charge in [0, 0.05) is 26.0 Å². The summed E-state index contributed by atoms with van der Waals surface area (Å²) < 4.78 is 0. The number of anilines is 1. The first-order valence-corrected chi connectivity index (χ1v) is 5.73. The van der Waals surface area contributed by atoms with Gasteiger partial charge in [0.25, 0.3) is 0 Å². The first kappa shape index (κ1) is 15.4. The normalized spacial score (nSPS) is 7.07. The van der Waals surface area contributed by atoms with Gasteiger partial charge < -0.3 is 5.32 Å². The number of hydrogen-bond acceptors (Lipinski definition) is 4. The second-order valence-corrected chi connectivity index (χ2v) is 2.77. The molecule has 1 heterocycles. The van der Waals surface area contributed by atoms with Crippen LogP contribution in [0.25, 0.3) is 0 Å². The zero-order valence-corrected chi connectivity index (χ0v) is 10.2. The minimum atomic E-state index is 0. The molecule has 1 aromatic rings. The Bertz CT molecular complexity index is 219. The summed E-state index contributed by atoms with van der Waals surface area (Å²) in [4.78, 5) is 4.01. The smallest absolute Gasteiger partial charge is 0.182 e. The Morgan fingerprint density at radius 2 is 2.14 bits per heavy atom. The van der Waals surface area contributed by atoms with Gasteiger partial charge in [0.2, 0.25) is 0 Å². The van der Waals surface area contributed by atoms with E-state index in [2.05, 4.69) is 17.2 Å². The lowest BCUT2D eigenvalue weighted by molar-refractivity contribution is 1.19. The number of thiazole rings is 1. The molecule has 4 heteroatoms. The number of rotatable bonds is 2. The van der Waals surface area contributed by atoms with E-state index in [9.17, 15) is 0 Å². The molecule has 0 amide bonds. The summed E-state index contributed by atoms with van der Waals surface area (Å²) in [5.74, 6) is 0. The Kier molecular flexibility index (Phi) is 15.9. The van der Waals surface area contributed by atoms with Gasteiger partial charge in [-0.05, 0) is 6.92 Å². The lowest BCUT2D eigenvalue weighted by atomic mass is 10.6. The maximum absolute atomic E-state index is 7.62. The second-order valence-electron chi connectivity index (χ2n) is 1.88. The summed E-state index contributed by atoms with van der Waals surface area (Å²) in [5.41, 5.74) is 0. The standard InChI is InChI=1S/C5H8N2S.C3H5N.C2H6.H2/c1-2-6-5-7-3-4-8-5;1-2-3-4;1-2;/h3-4H,2H2,1H3,(H,6,7);2H2,1H3;1-2H3;1H. The lowest BCUT2D eigenvalue weighted by Crippen LogP contribution is -1.93. The summed E-state index contributed by atoms with van der Waals surface area (Å²) in [6.07, 6.45) is 2.42. The van der Waals surface area contributed by atoms with Crippen LogP contribution in [0.1, 0.15) is 35.5 Å². The predicted molar refractivity (Wildman–Crippen MR) is 65.6 cm³/mol. The van der Waals surface area contributed by atoms with Crippen LogP contribution >= 0.6 is 11.3 Å². The van der Waals surface area contributed by atoms with E-state index in [1.807, 2.05) is 32.2 Å². The number of nitrogens with zero attached hydrogens (tertiary/aromatic N) is 2. The Morgan fingerprint density at radius 3 is 2.43 bits per heavy atom. The highest BCUT2D eigenvalue weighted by atomic mass is 32.1. The average Bonchev–Trinajstić information content (AvgIpc) is 2.75. The molecular formula is C10H21N3S. The summed E-state index contributed by atoms with van der Waals surface area (Å²) in [6, 6.07) is 1.93. The van der Waals surface area contributed by atoms with Gasteiger partial charge in [-0.15, -0.1) is 11.3 Å². The quantitative estimate of drug-likeness (QED) is 0.817. The van der Waals surface area contributed by atoms with E-state index >= 15 is 0 Å². The Labute approximate surface area is 92.3 Å². The molecule has 82 valence electrons. The molecule has 0 unspecified atom stereocenters. The molecular weight excluding hydrogens is 194 g/mol. The van der Waals surface area contributed by atoms with Gasteiger partial charge in [-0.25, -0.2) is 4.98 Å². The van der Waals surface area contributed by atoms with E-state index in [-0.39, 0.29) is 1.43 Å². The van der Waals surface area contributed by atoms with E-state index in [0.29, 0.717) is 6.42 Å². The van der Waals surface area contributed by atoms with Gasteiger partial charge in [0.1, 0.15) is 0 Å².